The first-order chi connectivity index (χ1) is 15.4. The molecule has 0 saturated heterocycles. The number of carbonyl (C=O) groups excluding carboxylic acids is 2. The first kappa shape index (κ1) is 24.9. The number of aromatic nitrogens is 4. The van der Waals surface area contributed by atoms with Crippen molar-refractivity contribution in [3.63, 3.8) is 0 Å². The van der Waals surface area contributed by atoms with Crippen molar-refractivity contribution in [2.75, 3.05) is 20.1 Å². The van der Waals surface area contributed by atoms with Crippen LogP contribution in [-0.4, -0.2) is 85.4 Å². The highest BCUT2D eigenvalue weighted by Crippen LogP contribution is 2.26. The molecule has 2 aromatic rings. The van der Waals surface area contributed by atoms with Crippen LogP contribution in [-0.2, 0) is 27.5 Å². The van der Waals surface area contributed by atoms with Crippen molar-refractivity contribution in [3.8, 4) is 0 Å². The maximum atomic E-state index is 12.3. The number of hydrogen-bond donors (Lipinski definition) is 4. The molecule has 2 aromatic heterocycles. The molecule has 2 amide bonds. The third-order valence-electron chi connectivity index (χ3n) is 4.97. The second-order valence-corrected chi connectivity index (χ2v) is 7.49. The first-order valence-electron chi connectivity index (χ1n) is 10.2. The van der Waals surface area contributed by atoms with Crippen LogP contribution >= 0.6 is 0 Å². The summed E-state index contributed by atoms with van der Waals surface area (Å²) in [7, 11) is 1.86. The monoisotopic (exact) mass is 447 g/mol. The van der Waals surface area contributed by atoms with Crippen LogP contribution in [0, 0.1) is 5.92 Å². The molecule has 3 atom stereocenters. The topological polar surface area (TPSA) is 163 Å². The van der Waals surface area contributed by atoms with E-state index in [1.807, 2.05) is 24.1 Å². The Kier molecular flexibility index (Phi) is 10.2. The Bertz CT molecular complexity index is 834. The van der Waals surface area contributed by atoms with Crippen LogP contribution in [0.5, 0.6) is 0 Å². The molecular weight excluding hydrogens is 418 g/mol. The minimum Gasteiger partial charge on any atom is -0.483 e. The van der Waals surface area contributed by atoms with Gasteiger partial charge in [0.25, 0.3) is 6.47 Å². The second kappa shape index (κ2) is 13.1. The highest BCUT2D eigenvalue weighted by atomic mass is 16.3. The number of nitrogens with zero attached hydrogens (tertiary/aromatic N) is 5. The van der Waals surface area contributed by atoms with Gasteiger partial charge in [-0.25, -0.2) is 4.98 Å². The maximum absolute atomic E-state index is 12.3. The molecule has 4 N–H and O–H groups in total. The van der Waals surface area contributed by atoms with Gasteiger partial charge in [-0.1, -0.05) is 0 Å². The molecule has 0 aromatic carbocycles. The summed E-state index contributed by atoms with van der Waals surface area (Å²) >= 11 is 0. The molecule has 0 bridgehead atoms. The molecule has 1 aliphatic rings. The first-order valence-corrected chi connectivity index (χ1v) is 10.2. The zero-order valence-electron chi connectivity index (χ0n) is 17.9. The van der Waals surface area contributed by atoms with E-state index in [-0.39, 0.29) is 30.7 Å². The van der Waals surface area contributed by atoms with Gasteiger partial charge >= 0.3 is 0 Å². The lowest BCUT2D eigenvalue weighted by molar-refractivity contribution is -0.125. The lowest BCUT2D eigenvalue weighted by Gasteiger charge is -2.20. The van der Waals surface area contributed by atoms with E-state index in [9.17, 15) is 14.7 Å². The van der Waals surface area contributed by atoms with Gasteiger partial charge in [-0.2, -0.15) is 5.10 Å². The van der Waals surface area contributed by atoms with E-state index in [4.69, 9.17) is 9.90 Å². The van der Waals surface area contributed by atoms with Gasteiger partial charge < -0.3 is 20.8 Å². The number of rotatable bonds is 9. The molecule has 0 unspecified atom stereocenters. The smallest absolute Gasteiger partial charge is 0.290 e. The number of amides is 2. The Morgan fingerprint density at radius 3 is 2.66 bits per heavy atom. The third-order valence-corrected chi connectivity index (χ3v) is 4.97. The minimum atomic E-state index is -0.726. The third kappa shape index (κ3) is 8.40. The molecule has 2 heterocycles. The number of hydrogen-bond acceptors (Lipinski definition) is 8. The van der Waals surface area contributed by atoms with E-state index in [1.165, 1.54) is 6.33 Å². The molecule has 174 valence electrons. The molecule has 0 radical (unpaired) electrons. The van der Waals surface area contributed by atoms with Gasteiger partial charge in [0.2, 0.25) is 11.8 Å². The van der Waals surface area contributed by atoms with Crippen LogP contribution in [0.4, 0.5) is 0 Å². The van der Waals surface area contributed by atoms with Crippen LogP contribution < -0.4 is 10.6 Å². The number of carbonyl (C=O) groups is 3. The Labute approximate surface area is 185 Å². The van der Waals surface area contributed by atoms with E-state index in [2.05, 4.69) is 25.7 Å². The Morgan fingerprint density at radius 2 is 2.00 bits per heavy atom. The quantitative estimate of drug-likeness (QED) is 0.349. The molecular formula is C20H29N7O5. The Morgan fingerprint density at radius 1 is 1.28 bits per heavy atom. The fourth-order valence-corrected chi connectivity index (χ4v) is 3.52. The van der Waals surface area contributed by atoms with E-state index >= 15 is 0 Å². The van der Waals surface area contributed by atoms with Crippen LogP contribution in [0.2, 0.25) is 0 Å². The van der Waals surface area contributed by atoms with E-state index in [1.54, 1.807) is 23.4 Å². The van der Waals surface area contributed by atoms with E-state index < -0.39 is 12.1 Å². The summed E-state index contributed by atoms with van der Waals surface area (Å²) in [4.78, 5) is 42.7. The fraction of sp³-hybridized carbons (Fsp3) is 0.500. The summed E-state index contributed by atoms with van der Waals surface area (Å²) in [6, 6.07) is 3.39. The average molecular weight is 447 g/mol. The van der Waals surface area contributed by atoms with Gasteiger partial charge in [-0.15, -0.1) is 0 Å². The summed E-state index contributed by atoms with van der Waals surface area (Å²) in [5, 5.41) is 26.8. The van der Waals surface area contributed by atoms with Crippen molar-refractivity contribution in [3.05, 3.63) is 42.7 Å². The fourth-order valence-electron chi connectivity index (χ4n) is 3.52. The van der Waals surface area contributed by atoms with Crippen molar-refractivity contribution in [1.29, 1.82) is 0 Å². The van der Waals surface area contributed by atoms with Crippen molar-refractivity contribution in [2.24, 2.45) is 5.92 Å². The van der Waals surface area contributed by atoms with Gasteiger partial charge in [-0.3, -0.25) is 28.9 Å². The summed E-state index contributed by atoms with van der Waals surface area (Å²) in [5.74, 6) is -0.603. The van der Waals surface area contributed by atoms with Crippen LogP contribution in [0.3, 0.4) is 0 Å². The number of pyridine rings is 1. The normalized spacial score (nSPS) is 19.7. The molecule has 0 spiro atoms. The predicted octanol–water partition coefficient (Wildman–Crippen LogP) is -1.12. The number of carboxylic acid groups (broad SMARTS) is 1. The summed E-state index contributed by atoms with van der Waals surface area (Å²) in [5.41, 5.74) is 1.07. The lowest BCUT2D eigenvalue weighted by atomic mass is 10.1. The van der Waals surface area contributed by atoms with Gasteiger partial charge in [0, 0.05) is 31.4 Å². The summed E-state index contributed by atoms with van der Waals surface area (Å²) in [6.45, 7) is 1.55. The number of aliphatic hydroxyl groups excluding tert-OH is 1. The number of likely N-dealkylation sites (N-methyl/N-ethyl adjacent to an activating group) is 1. The highest BCUT2D eigenvalue weighted by molar-refractivity contribution is 5.80. The van der Waals surface area contributed by atoms with Crippen molar-refractivity contribution in [2.45, 2.75) is 38.1 Å². The summed E-state index contributed by atoms with van der Waals surface area (Å²) in [6.07, 6.45) is 6.50. The zero-order chi connectivity index (χ0) is 23.3. The molecule has 1 aliphatic carbocycles. The Balaban J connectivity index is 0.00000114. The van der Waals surface area contributed by atoms with Crippen LogP contribution in [0.15, 0.2) is 37.2 Å². The lowest BCUT2D eigenvalue weighted by Crippen LogP contribution is -2.44. The highest BCUT2D eigenvalue weighted by Gasteiger charge is 2.37. The predicted molar refractivity (Wildman–Crippen MR) is 113 cm³/mol. The van der Waals surface area contributed by atoms with Gasteiger partial charge in [0.1, 0.15) is 12.7 Å². The van der Waals surface area contributed by atoms with E-state index in [0.29, 0.717) is 32.5 Å². The number of aliphatic hydroxyl groups is 1. The molecule has 0 aliphatic heterocycles. The molecule has 12 heteroatoms. The van der Waals surface area contributed by atoms with E-state index in [0.717, 1.165) is 5.56 Å². The molecule has 12 nitrogen and oxygen atoms in total. The summed E-state index contributed by atoms with van der Waals surface area (Å²) < 4.78 is 1.63. The second-order valence-electron chi connectivity index (χ2n) is 7.49. The largest absolute Gasteiger partial charge is 0.483 e. The zero-order valence-corrected chi connectivity index (χ0v) is 17.9. The van der Waals surface area contributed by atoms with Crippen molar-refractivity contribution >= 4 is 18.3 Å². The van der Waals surface area contributed by atoms with Crippen LogP contribution in [0.25, 0.3) is 0 Å². The SMILES string of the molecule is CN(CC(=O)N[C@@H]1C[C@H](C(=O)NCCn2cncn2)C[C@H]1O)Cc1ccncc1.O=CO. The van der Waals surface area contributed by atoms with Gasteiger partial charge in [0.05, 0.1) is 25.2 Å². The number of nitrogens with one attached hydrogen (secondary N) is 2. The average Bonchev–Trinajstić information content (AvgIpc) is 3.39. The minimum absolute atomic E-state index is 0.115. The molecule has 3 rings (SSSR count). The van der Waals surface area contributed by atoms with Crippen molar-refractivity contribution in [1.82, 2.24) is 35.3 Å². The standard InChI is InChI=1S/C19H27N7O3.CH2O2/c1-25(10-14-2-4-20-5-3-14)11-18(28)24-16-8-15(9-17(16)27)19(29)22-6-7-26-13-21-12-23-26;2-1-3/h2-5,12-13,15-17,27H,6-11H2,1H3,(H,22,29)(H,24,28);1H,(H,2,3)/t15-,16+,17+;/m0./s1. The Hall–Kier alpha value is -3.38. The molecule has 1 saturated carbocycles. The van der Waals surface area contributed by atoms with Gasteiger partial charge in [0.15, 0.2) is 0 Å². The molecule has 1 fully saturated rings. The van der Waals surface area contributed by atoms with Crippen LogP contribution in [0.1, 0.15) is 18.4 Å². The maximum Gasteiger partial charge on any atom is 0.290 e. The van der Waals surface area contributed by atoms with Crippen molar-refractivity contribution < 1.29 is 24.6 Å². The molecule has 32 heavy (non-hydrogen) atoms. The van der Waals surface area contributed by atoms with Gasteiger partial charge in [-0.05, 0) is 37.6 Å².